The van der Waals surface area contributed by atoms with Crippen molar-refractivity contribution in [3.05, 3.63) is 12.8 Å². The van der Waals surface area contributed by atoms with Gasteiger partial charge in [0.25, 0.3) is 0 Å². The molecule has 0 atom stereocenters. The van der Waals surface area contributed by atoms with Gasteiger partial charge in [-0.25, -0.2) is 4.39 Å². The van der Waals surface area contributed by atoms with E-state index < -0.39 is 6.67 Å². The summed E-state index contributed by atoms with van der Waals surface area (Å²) in [4.78, 5) is 0. The van der Waals surface area contributed by atoms with Crippen LogP contribution in [0.3, 0.4) is 0 Å². The van der Waals surface area contributed by atoms with E-state index in [9.17, 15) is 4.39 Å². The van der Waals surface area contributed by atoms with E-state index in [2.05, 4.69) is 6.58 Å². The van der Waals surface area contributed by atoms with Gasteiger partial charge in [0, 0.05) is 0 Å². The molecule has 0 amide bonds. The highest BCUT2D eigenvalue weighted by Crippen LogP contribution is 1.85. The molecule has 0 N–H and O–H groups in total. The van der Waals surface area contributed by atoms with Gasteiger partial charge in [0.05, 0.1) is 85.5 Å². The number of hydrogen-bond acceptors (Lipinski definition) is 7. The molecular formula is C16H31FO7. The standard InChI is InChI=1S/C16H31FO7/c1-2-18-5-6-20-9-10-22-13-14-24-16-15-23-12-11-21-8-7-19-4-3-17/h2H,1,3-16H2. The summed E-state index contributed by atoms with van der Waals surface area (Å²) in [5.74, 6) is 0. The maximum absolute atomic E-state index is 11.7. The number of ether oxygens (including phenoxy) is 7. The van der Waals surface area contributed by atoms with Crippen LogP contribution in [0.1, 0.15) is 0 Å². The van der Waals surface area contributed by atoms with E-state index in [1.807, 2.05) is 0 Å². The van der Waals surface area contributed by atoms with Crippen molar-refractivity contribution < 1.29 is 37.5 Å². The number of hydrogen-bond donors (Lipinski definition) is 0. The van der Waals surface area contributed by atoms with Crippen LogP contribution >= 0.6 is 0 Å². The Morgan fingerprint density at radius 2 is 0.792 bits per heavy atom. The molecule has 0 saturated carbocycles. The molecule has 0 aliphatic carbocycles. The minimum absolute atomic E-state index is 0.124. The first-order valence-electron chi connectivity index (χ1n) is 8.16. The summed E-state index contributed by atoms with van der Waals surface area (Å²) < 4.78 is 48.0. The van der Waals surface area contributed by atoms with Crippen LogP contribution in [0.4, 0.5) is 4.39 Å². The molecule has 0 aromatic carbocycles. The Kier molecular flexibility index (Phi) is 21.5. The Balaban J connectivity index is 2.94. The van der Waals surface area contributed by atoms with E-state index in [0.29, 0.717) is 79.3 Å². The fraction of sp³-hybridized carbons (Fsp3) is 0.875. The van der Waals surface area contributed by atoms with Gasteiger partial charge in [0.2, 0.25) is 0 Å². The summed E-state index contributed by atoms with van der Waals surface area (Å²) in [7, 11) is 0. The zero-order valence-electron chi connectivity index (χ0n) is 14.4. The van der Waals surface area contributed by atoms with Gasteiger partial charge in [-0.05, 0) is 0 Å². The second kappa shape index (κ2) is 22.2. The zero-order valence-corrected chi connectivity index (χ0v) is 14.4. The maximum atomic E-state index is 11.7. The molecule has 0 aliphatic rings. The van der Waals surface area contributed by atoms with Crippen molar-refractivity contribution in [2.24, 2.45) is 0 Å². The highest BCUT2D eigenvalue weighted by molar-refractivity contribution is 4.47. The summed E-state index contributed by atoms with van der Waals surface area (Å²) in [6, 6.07) is 0. The van der Waals surface area contributed by atoms with Crippen LogP contribution in [0.5, 0.6) is 0 Å². The smallest absolute Gasteiger partial charge is 0.113 e. The highest BCUT2D eigenvalue weighted by atomic mass is 19.1. The fourth-order valence-electron chi connectivity index (χ4n) is 1.45. The molecular weight excluding hydrogens is 323 g/mol. The third-order valence-corrected chi connectivity index (χ3v) is 2.54. The predicted molar refractivity (Wildman–Crippen MR) is 87.0 cm³/mol. The topological polar surface area (TPSA) is 64.6 Å². The minimum atomic E-state index is -0.465. The van der Waals surface area contributed by atoms with Crippen LogP contribution in [0.2, 0.25) is 0 Å². The molecule has 0 bridgehead atoms. The second-order valence-electron chi connectivity index (χ2n) is 4.40. The van der Waals surface area contributed by atoms with E-state index in [0.717, 1.165) is 0 Å². The molecule has 0 saturated heterocycles. The molecule has 8 heteroatoms. The van der Waals surface area contributed by atoms with E-state index >= 15 is 0 Å². The van der Waals surface area contributed by atoms with E-state index in [-0.39, 0.29) is 6.61 Å². The largest absolute Gasteiger partial charge is 0.499 e. The van der Waals surface area contributed by atoms with Gasteiger partial charge in [-0.2, -0.15) is 0 Å². The SMILES string of the molecule is C=COCCOCCOCCOCCOCCOCCOCCF. The first-order chi connectivity index (χ1) is 11.9. The lowest BCUT2D eigenvalue weighted by molar-refractivity contribution is -0.0187. The maximum Gasteiger partial charge on any atom is 0.113 e. The molecule has 0 aromatic heterocycles. The van der Waals surface area contributed by atoms with Crippen molar-refractivity contribution in [2.75, 3.05) is 92.6 Å². The third kappa shape index (κ3) is 21.2. The van der Waals surface area contributed by atoms with Gasteiger partial charge in [0.1, 0.15) is 13.3 Å². The fourth-order valence-corrected chi connectivity index (χ4v) is 1.45. The summed E-state index contributed by atoms with van der Waals surface area (Å²) in [6.45, 7) is 9.07. The van der Waals surface area contributed by atoms with Gasteiger partial charge in [-0.3, -0.25) is 0 Å². The molecule has 0 fully saturated rings. The third-order valence-electron chi connectivity index (χ3n) is 2.54. The van der Waals surface area contributed by atoms with Gasteiger partial charge < -0.3 is 33.2 Å². The molecule has 0 unspecified atom stereocenters. The van der Waals surface area contributed by atoms with E-state index in [1.54, 1.807) is 0 Å². The molecule has 24 heavy (non-hydrogen) atoms. The molecule has 0 aliphatic heterocycles. The summed E-state index contributed by atoms with van der Waals surface area (Å²) in [5, 5.41) is 0. The van der Waals surface area contributed by atoms with Crippen LogP contribution in [-0.4, -0.2) is 92.6 Å². The molecule has 0 heterocycles. The van der Waals surface area contributed by atoms with Crippen molar-refractivity contribution in [3.8, 4) is 0 Å². The molecule has 0 spiro atoms. The lowest BCUT2D eigenvalue weighted by atomic mass is 10.7. The zero-order chi connectivity index (χ0) is 17.6. The van der Waals surface area contributed by atoms with Crippen molar-refractivity contribution >= 4 is 0 Å². The summed E-state index contributed by atoms with van der Waals surface area (Å²) in [5.41, 5.74) is 0. The Bertz CT molecular complexity index is 244. The van der Waals surface area contributed by atoms with Crippen LogP contribution in [-0.2, 0) is 33.2 Å². The number of rotatable bonds is 21. The van der Waals surface area contributed by atoms with E-state index in [4.69, 9.17) is 33.2 Å². The number of alkyl halides is 1. The minimum Gasteiger partial charge on any atom is -0.499 e. The Morgan fingerprint density at radius 1 is 0.500 bits per heavy atom. The molecule has 0 rings (SSSR count). The van der Waals surface area contributed by atoms with Crippen LogP contribution in [0.15, 0.2) is 12.8 Å². The van der Waals surface area contributed by atoms with Gasteiger partial charge in [-0.15, -0.1) is 0 Å². The average molecular weight is 354 g/mol. The Hall–Kier alpha value is -0.770. The Morgan fingerprint density at radius 3 is 1.08 bits per heavy atom. The van der Waals surface area contributed by atoms with Crippen molar-refractivity contribution in [1.29, 1.82) is 0 Å². The molecule has 0 radical (unpaired) electrons. The van der Waals surface area contributed by atoms with Crippen LogP contribution < -0.4 is 0 Å². The molecule has 144 valence electrons. The van der Waals surface area contributed by atoms with E-state index in [1.165, 1.54) is 6.26 Å². The van der Waals surface area contributed by atoms with Crippen molar-refractivity contribution in [3.63, 3.8) is 0 Å². The molecule has 7 nitrogen and oxygen atoms in total. The normalized spacial score (nSPS) is 10.9. The lowest BCUT2D eigenvalue weighted by Crippen LogP contribution is -2.14. The molecule has 0 aromatic rings. The first kappa shape index (κ1) is 23.2. The van der Waals surface area contributed by atoms with Crippen LogP contribution in [0.25, 0.3) is 0 Å². The highest BCUT2D eigenvalue weighted by Gasteiger charge is 1.94. The second-order valence-corrected chi connectivity index (χ2v) is 4.40. The Labute approximate surface area is 143 Å². The van der Waals surface area contributed by atoms with Crippen molar-refractivity contribution in [1.82, 2.24) is 0 Å². The predicted octanol–water partition coefficient (Wildman–Crippen LogP) is 1.22. The quantitative estimate of drug-likeness (QED) is 0.227. The average Bonchev–Trinajstić information content (AvgIpc) is 2.60. The van der Waals surface area contributed by atoms with Gasteiger partial charge in [0.15, 0.2) is 0 Å². The summed E-state index contributed by atoms with van der Waals surface area (Å²) in [6.07, 6.45) is 1.39. The van der Waals surface area contributed by atoms with Gasteiger partial charge in [-0.1, -0.05) is 6.58 Å². The summed E-state index contributed by atoms with van der Waals surface area (Å²) >= 11 is 0. The first-order valence-corrected chi connectivity index (χ1v) is 8.16. The number of halogens is 1. The van der Waals surface area contributed by atoms with Crippen molar-refractivity contribution in [2.45, 2.75) is 0 Å². The lowest BCUT2D eigenvalue weighted by Gasteiger charge is -2.08. The monoisotopic (exact) mass is 354 g/mol. The van der Waals surface area contributed by atoms with Gasteiger partial charge >= 0.3 is 0 Å². The van der Waals surface area contributed by atoms with Crippen LogP contribution in [0, 0.1) is 0 Å².